The van der Waals surface area contributed by atoms with Crippen molar-refractivity contribution in [2.75, 3.05) is 38.6 Å². The van der Waals surface area contributed by atoms with Crippen molar-refractivity contribution in [3.05, 3.63) is 29.8 Å². The molecule has 5 nitrogen and oxygen atoms in total. The lowest BCUT2D eigenvalue weighted by Gasteiger charge is -2.29. The molecule has 22 heavy (non-hydrogen) atoms. The molecule has 124 valence electrons. The number of hydrogen-bond donors (Lipinski definition) is 2. The molecule has 1 aliphatic heterocycles. The topological polar surface area (TPSA) is 62.9 Å². The fraction of sp³-hybridized carbons (Fsp3) is 0.562. The summed E-state index contributed by atoms with van der Waals surface area (Å²) in [7, 11) is 2.10. The van der Waals surface area contributed by atoms with Crippen LogP contribution in [0.2, 0.25) is 0 Å². The normalized spacial score (nSPS) is 19.8. The average molecular weight is 418 g/mol. The van der Waals surface area contributed by atoms with Crippen LogP contribution in [0.5, 0.6) is 0 Å². The molecule has 1 aliphatic rings. The molecule has 1 heterocycles. The molecular formula is C16H27IN4O. The van der Waals surface area contributed by atoms with E-state index in [-0.39, 0.29) is 30.1 Å². The lowest BCUT2D eigenvalue weighted by Crippen LogP contribution is -2.41. The van der Waals surface area contributed by atoms with Gasteiger partial charge in [-0.05, 0) is 30.7 Å². The average Bonchev–Trinajstić information content (AvgIpc) is 2.45. The summed E-state index contributed by atoms with van der Waals surface area (Å²) < 4.78 is 5.67. The first kappa shape index (κ1) is 19.2. The van der Waals surface area contributed by atoms with Crippen LogP contribution in [0.4, 0.5) is 5.69 Å². The van der Waals surface area contributed by atoms with Crippen molar-refractivity contribution >= 4 is 35.6 Å². The maximum absolute atomic E-state index is 5.95. The van der Waals surface area contributed by atoms with Gasteiger partial charge in [-0.25, -0.2) is 0 Å². The lowest BCUT2D eigenvalue weighted by atomic mass is 10.0. The molecule has 2 rings (SSSR count). The SMILES string of the molecule is CC(C)c1cccc(NC(N)=NCC2CN(C)CCO2)c1.I. The molecule has 1 saturated heterocycles. The van der Waals surface area contributed by atoms with E-state index < -0.39 is 0 Å². The smallest absolute Gasteiger partial charge is 0.193 e. The van der Waals surface area contributed by atoms with Crippen LogP contribution in [0, 0.1) is 0 Å². The number of nitrogens with one attached hydrogen (secondary N) is 1. The monoisotopic (exact) mass is 418 g/mol. The first-order chi connectivity index (χ1) is 10.0. The van der Waals surface area contributed by atoms with Crippen molar-refractivity contribution in [1.82, 2.24) is 4.90 Å². The van der Waals surface area contributed by atoms with Crippen LogP contribution in [0.15, 0.2) is 29.3 Å². The zero-order chi connectivity index (χ0) is 15.2. The van der Waals surface area contributed by atoms with Gasteiger partial charge in [0.05, 0.1) is 19.3 Å². The molecule has 1 atom stereocenters. The van der Waals surface area contributed by atoms with Gasteiger partial charge in [-0.1, -0.05) is 26.0 Å². The highest BCUT2D eigenvalue weighted by atomic mass is 127. The Morgan fingerprint density at radius 2 is 2.27 bits per heavy atom. The van der Waals surface area contributed by atoms with Crippen molar-refractivity contribution in [3.8, 4) is 0 Å². The molecule has 0 radical (unpaired) electrons. The fourth-order valence-corrected chi connectivity index (χ4v) is 2.34. The van der Waals surface area contributed by atoms with Gasteiger partial charge in [0, 0.05) is 18.8 Å². The van der Waals surface area contributed by atoms with Crippen molar-refractivity contribution in [2.24, 2.45) is 10.7 Å². The minimum Gasteiger partial charge on any atom is -0.374 e. The molecule has 0 amide bonds. The number of morpholine rings is 1. The zero-order valence-corrected chi connectivity index (χ0v) is 15.9. The molecule has 0 aliphatic carbocycles. The number of hydrogen-bond acceptors (Lipinski definition) is 3. The Labute approximate surface area is 150 Å². The van der Waals surface area contributed by atoms with Crippen LogP contribution >= 0.6 is 24.0 Å². The Hall–Kier alpha value is -0.860. The summed E-state index contributed by atoms with van der Waals surface area (Å²) in [5.74, 6) is 0.934. The summed E-state index contributed by atoms with van der Waals surface area (Å²) in [6.45, 7) is 7.59. The van der Waals surface area contributed by atoms with Crippen molar-refractivity contribution in [1.29, 1.82) is 0 Å². The third kappa shape index (κ3) is 6.10. The molecular weight excluding hydrogens is 391 g/mol. The second kappa shape index (κ2) is 9.32. The molecule has 1 aromatic carbocycles. The van der Waals surface area contributed by atoms with E-state index in [0.717, 1.165) is 25.4 Å². The van der Waals surface area contributed by atoms with Gasteiger partial charge in [0.15, 0.2) is 5.96 Å². The second-order valence-corrected chi connectivity index (χ2v) is 5.89. The molecule has 1 unspecified atom stereocenters. The summed E-state index contributed by atoms with van der Waals surface area (Å²) in [5.41, 5.74) is 8.21. The van der Waals surface area contributed by atoms with E-state index in [0.29, 0.717) is 18.4 Å². The summed E-state index contributed by atoms with van der Waals surface area (Å²) in [6, 6.07) is 8.26. The number of halogens is 1. The van der Waals surface area contributed by atoms with E-state index in [1.54, 1.807) is 0 Å². The van der Waals surface area contributed by atoms with Gasteiger partial charge in [0.1, 0.15) is 0 Å². The van der Waals surface area contributed by atoms with Gasteiger partial charge >= 0.3 is 0 Å². The highest BCUT2D eigenvalue weighted by Gasteiger charge is 2.16. The summed E-state index contributed by atoms with van der Waals surface area (Å²) in [5, 5.41) is 3.15. The summed E-state index contributed by atoms with van der Waals surface area (Å²) in [4.78, 5) is 6.63. The second-order valence-electron chi connectivity index (χ2n) is 5.89. The maximum Gasteiger partial charge on any atom is 0.193 e. The molecule has 1 aromatic rings. The number of guanidine groups is 1. The van der Waals surface area contributed by atoms with Crippen molar-refractivity contribution in [3.63, 3.8) is 0 Å². The van der Waals surface area contributed by atoms with E-state index >= 15 is 0 Å². The summed E-state index contributed by atoms with van der Waals surface area (Å²) >= 11 is 0. The van der Waals surface area contributed by atoms with Gasteiger partial charge < -0.3 is 20.7 Å². The first-order valence-electron chi connectivity index (χ1n) is 7.51. The van der Waals surface area contributed by atoms with E-state index in [1.807, 2.05) is 12.1 Å². The number of nitrogens with zero attached hydrogens (tertiary/aromatic N) is 2. The molecule has 1 fully saturated rings. The molecule has 0 bridgehead atoms. The van der Waals surface area contributed by atoms with Gasteiger partial charge in [-0.2, -0.15) is 0 Å². The van der Waals surface area contributed by atoms with Gasteiger partial charge in [0.2, 0.25) is 0 Å². The van der Waals surface area contributed by atoms with Crippen LogP contribution in [0.3, 0.4) is 0 Å². The Morgan fingerprint density at radius 3 is 2.95 bits per heavy atom. The fourth-order valence-electron chi connectivity index (χ4n) is 2.34. The van der Waals surface area contributed by atoms with Gasteiger partial charge in [-0.15, -0.1) is 24.0 Å². The van der Waals surface area contributed by atoms with Gasteiger partial charge in [0.25, 0.3) is 0 Å². The maximum atomic E-state index is 5.95. The quantitative estimate of drug-likeness (QED) is 0.448. The van der Waals surface area contributed by atoms with E-state index in [9.17, 15) is 0 Å². The standard InChI is InChI=1S/C16H26N4O.HI/c1-12(2)13-5-4-6-14(9-13)19-16(17)18-10-15-11-20(3)7-8-21-15;/h4-6,9,12,15H,7-8,10-11H2,1-3H3,(H3,17,18,19);1H. The largest absolute Gasteiger partial charge is 0.374 e. The van der Waals surface area contributed by atoms with Crippen molar-refractivity contribution in [2.45, 2.75) is 25.9 Å². The van der Waals surface area contributed by atoms with Crippen LogP contribution in [0.25, 0.3) is 0 Å². The number of benzene rings is 1. The first-order valence-corrected chi connectivity index (χ1v) is 7.51. The summed E-state index contributed by atoms with van der Waals surface area (Å²) in [6.07, 6.45) is 0.131. The highest BCUT2D eigenvalue weighted by molar-refractivity contribution is 14.0. The van der Waals surface area contributed by atoms with Crippen molar-refractivity contribution < 1.29 is 4.74 Å². The molecule has 0 saturated carbocycles. The van der Waals surface area contributed by atoms with Crippen LogP contribution in [0.1, 0.15) is 25.3 Å². The molecule has 0 aromatic heterocycles. The highest BCUT2D eigenvalue weighted by Crippen LogP contribution is 2.18. The minimum absolute atomic E-state index is 0. The number of ether oxygens (including phenoxy) is 1. The van der Waals surface area contributed by atoms with E-state index in [2.05, 4.69) is 48.2 Å². The number of anilines is 1. The number of rotatable bonds is 4. The predicted octanol–water partition coefficient (Wildman–Crippen LogP) is 2.49. The van der Waals surface area contributed by atoms with Crippen LogP contribution in [-0.2, 0) is 4.74 Å². The lowest BCUT2D eigenvalue weighted by molar-refractivity contribution is -0.0136. The molecule has 0 spiro atoms. The Bertz CT molecular complexity index is 493. The Balaban J connectivity index is 0.00000242. The Morgan fingerprint density at radius 1 is 1.50 bits per heavy atom. The zero-order valence-electron chi connectivity index (χ0n) is 13.6. The van der Waals surface area contributed by atoms with Crippen LogP contribution in [-0.4, -0.2) is 50.3 Å². The minimum atomic E-state index is 0. The Kier molecular flexibility index (Phi) is 8.13. The third-order valence-corrected chi connectivity index (χ3v) is 3.63. The predicted molar refractivity (Wildman–Crippen MR) is 103 cm³/mol. The number of likely N-dealkylation sites (N-methyl/N-ethyl adjacent to an activating group) is 1. The molecule has 6 heteroatoms. The molecule has 3 N–H and O–H groups in total. The third-order valence-electron chi connectivity index (χ3n) is 3.63. The van der Waals surface area contributed by atoms with E-state index in [1.165, 1.54) is 5.56 Å². The van der Waals surface area contributed by atoms with Gasteiger partial charge in [-0.3, -0.25) is 4.99 Å². The van der Waals surface area contributed by atoms with E-state index in [4.69, 9.17) is 10.5 Å². The number of aliphatic imine (C=N–C) groups is 1. The van der Waals surface area contributed by atoms with Crippen LogP contribution < -0.4 is 11.1 Å². The number of nitrogens with two attached hydrogens (primary N) is 1.